The summed E-state index contributed by atoms with van der Waals surface area (Å²) in [5.41, 5.74) is 0. The molecule has 1 rings (SSSR count). The topological polar surface area (TPSA) is 33.0 Å². The molecule has 1 unspecified atom stereocenters. The van der Waals surface area contributed by atoms with Gasteiger partial charge in [0.2, 0.25) is 0 Å². The highest BCUT2D eigenvalue weighted by molar-refractivity contribution is 5.22. The van der Waals surface area contributed by atoms with Crippen LogP contribution < -0.4 is 4.74 Å². The molecule has 0 bridgehead atoms. The fourth-order valence-corrected chi connectivity index (χ4v) is 0.943. The molecule has 0 aromatic heterocycles. The Bertz CT molecular complexity index is 319. The third-order valence-corrected chi connectivity index (χ3v) is 1.51. The van der Waals surface area contributed by atoms with Crippen LogP contribution in [0.5, 0.6) is 5.75 Å². The van der Waals surface area contributed by atoms with Crippen LogP contribution in [0.3, 0.4) is 0 Å². The maximum atomic E-state index is 12.7. The Labute approximate surface area is 76.6 Å². The summed E-state index contributed by atoms with van der Waals surface area (Å²) < 4.78 is 17.9. The number of rotatable bonds is 3. The zero-order chi connectivity index (χ0) is 9.68. The molecule has 0 heterocycles. The van der Waals surface area contributed by atoms with E-state index in [1.165, 1.54) is 12.1 Å². The zero-order valence-corrected chi connectivity index (χ0v) is 7.33. The first-order chi connectivity index (χ1) is 6.22. The van der Waals surface area contributed by atoms with E-state index >= 15 is 0 Å². The Balaban J connectivity index is 2.59. The van der Waals surface area contributed by atoms with E-state index in [9.17, 15) is 4.39 Å². The third kappa shape index (κ3) is 3.12. The molecule has 0 aliphatic carbocycles. The lowest BCUT2D eigenvalue weighted by Gasteiger charge is -2.10. The first-order valence-electron chi connectivity index (χ1n) is 4.01. The lowest BCUT2D eigenvalue weighted by atomic mass is 10.3. The number of benzene rings is 1. The van der Waals surface area contributed by atoms with E-state index in [0.717, 1.165) is 0 Å². The van der Waals surface area contributed by atoms with Gasteiger partial charge < -0.3 is 4.74 Å². The summed E-state index contributed by atoms with van der Waals surface area (Å²) in [7, 11) is 0. The van der Waals surface area contributed by atoms with Crippen molar-refractivity contribution >= 4 is 0 Å². The van der Waals surface area contributed by atoms with Crippen LogP contribution in [0.15, 0.2) is 24.3 Å². The number of hydrogen-bond donors (Lipinski definition) is 0. The predicted octanol–water partition coefficient (Wildman–Crippen LogP) is 2.51. The molecule has 2 nitrogen and oxygen atoms in total. The Hall–Kier alpha value is -1.56. The van der Waals surface area contributed by atoms with Crippen molar-refractivity contribution in [1.29, 1.82) is 5.26 Å². The Morgan fingerprint density at radius 3 is 3.00 bits per heavy atom. The summed E-state index contributed by atoms with van der Waals surface area (Å²) in [5, 5.41) is 8.37. The lowest BCUT2D eigenvalue weighted by molar-refractivity contribution is 0.226. The van der Waals surface area contributed by atoms with E-state index in [1.807, 2.05) is 6.07 Å². The van der Waals surface area contributed by atoms with E-state index in [1.54, 1.807) is 19.1 Å². The first kappa shape index (κ1) is 9.53. The van der Waals surface area contributed by atoms with Crippen molar-refractivity contribution in [3.8, 4) is 11.8 Å². The van der Waals surface area contributed by atoms with Gasteiger partial charge in [-0.1, -0.05) is 6.07 Å². The van der Waals surface area contributed by atoms with Gasteiger partial charge in [0.15, 0.2) is 0 Å². The van der Waals surface area contributed by atoms with E-state index in [-0.39, 0.29) is 11.9 Å². The van der Waals surface area contributed by atoms with Crippen molar-refractivity contribution in [3.63, 3.8) is 0 Å². The second-order valence-corrected chi connectivity index (χ2v) is 2.75. The molecule has 0 saturated heterocycles. The number of hydrogen-bond acceptors (Lipinski definition) is 2. The Morgan fingerprint density at radius 2 is 2.38 bits per heavy atom. The van der Waals surface area contributed by atoms with Crippen LogP contribution in [0, 0.1) is 17.1 Å². The van der Waals surface area contributed by atoms with Gasteiger partial charge in [-0.05, 0) is 19.1 Å². The highest BCUT2D eigenvalue weighted by atomic mass is 19.1. The minimum absolute atomic E-state index is 0.202. The summed E-state index contributed by atoms with van der Waals surface area (Å²) in [5.74, 6) is 0.129. The molecular weight excluding hydrogens is 169 g/mol. The monoisotopic (exact) mass is 179 g/mol. The van der Waals surface area contributed by atoms with Gasteiger partial charge in [0, 0.05) is 6.07 Å². The second kappa shape index (κ2) is 4.46. The van der Waals surface area contributed by atoms with Crippen molar-refractivity contribution < 1.29 is 9.13 Å². The summed E-state index contributed by atoms with van der Waals surface area (Å²) in [4.78, 5) is 0. The highest BCUT2D eigenvalue weighted by Crippen LogP contribution is 2.14. The van der Waals surface area contributed by atoms with Crippen LogP contribution in [-0.2, 0) is 0 Å². The zero-order valence-electron chi connectivity index (χ0n) is 7.33. The molecule has 1 atom stereocenters. The molecule has 68 valence electrons. The molecule has 3 heteroatoms. The van der Waals surface area contributed by atoms with E-state index in [2.05, 4.69) is 0 Å². The van der Waals surface area contributed by atoms with E-state index in [4.69, 9.17) is 10.00 Å². The molecule has 0 radical (unpaired) electrons. The summed E-state index contributed by atoms with van der Waals surface area (Å²) >= 11 is 0. The third-order valence-electron chi connectivity index (χ3n) is 1.51. The van der Waals surface area contributed by atoms with Gasteiger partial charge >= 0.3 is 0 Å². The number of ether oxygens (including phenoxy) is 1. The van der Waals surface area contributed by atoms with Crippen LogP contribution in [0.2, 0.25) is 0 Å². The number of nitriles is 1. The maximum absolute atomic E-state index is 12.7. The van der Waals surface area contributed by atoms with Crippen molar-refractivity contribution in [2.75, 3.05) is 0 Å². The minimum atomic E-state index is -0.332. The normalized spacial score (nSPS) is 11.8. The number of nitrogens with zero attached hydrogens (tertiary/aromatic N) is 1. The Morgan fingerprint density at radius 1 is 1.62 bits per heavy atom. The average Bonchev–Trinajstić information content (AvgIpc) is 2.04. The summed E-state index contributed by atoms with van der Waals surface area (Å²) in [6.07, 6.45) is 0.100. The smallest absolute Gasteiger partial charge is 0.126 e. The highest BCUT2D eigenvalue weighted by Gasteiger charge is 2.03. The van der Waals surface area contributed by atoms with Crippen LogP contribution in [0.1, 0.15) is 13.3 Å². The van der Waals surface area contributed by atoms with E-state index < -0.39 is 0 Å². The van der Waals surface area contributed by atoms with Crippen molar-refractivity contribution in [2.24, 2.45) is 0 Å². The Kier molecular flexibility index (Phi) is 3.27. The van der Waals surface area contributed by atoms with Gasteiger partial charge in [-0.3, -0.25) is 0 Å². The summed E-state index contributed by atoms with van der Waals surface area (Å²) in [6, 6.07) is 7.87. The molecule has 13 heavy (non-hydrogen) atoms. The van der Waals surface area contributed by atoms with Crippen LogP contribution in [0.25, 0.3) is 0 Å². The molecule has 0 aliphatic rings. The molecule has 0 saturated carbocycles. The first-order valence-corrected chi connectivity index (χ1v) is 4.01. The molecule has 1 aromatic carbocycles. The maximum Gasteiger partial charge on any atom is 0.126 e. The largest absolute Gasteiger partial charge is 0.490 e. The van der Waals surface area contributed by atoms with Gasteiger partial charge in [-0.15, -0.1) is 0 Å². The predicted molar refractivity (Wildman–Crippen MR) is 46.7 cm³/mol. The lowest BCUT2D eigenvalue weighted by Crippen LogP contribution is -2.10. The summed E-state index contributed by atoms with van der Waals surface area (Å²) in [6.45, 7) is 1.77. The minimum Gasteiger partial charge on any atom is -0.490 e. The van der Waals surface area contributed by atoms with Crippen LogP contribution >= 0.6 is 0 Å². The van der Waals surface area contributed by atoms with Gasteiger partial charge in [-0.2, -0.15) is 5.26 Å². The van der Waals surface area contributed by atoms with Gasteiger partial charge in [0.05, 0.1) is 12.5 Å². The molecule has 0 spiro atoms. The average molecular weight is 179 g/mol. The molecular formula is C10H10FNO. The van der Waals surface area contributed by atoms with Crippen molar-refractivity contribution in [1.82, 2.24) is 0 Å². The molecule has 0 N–H and O–H groups in total. The van der Waals surface area contributed by atoms with Crippen molar-refractivity contribution in [3.05, 3.63) is 30.1 Å². The van der Waals surface area contributed by atoms with Crippen molar-refractivity contribution in [2.45, 2.75) is 19.4 Å². The second-order valence-electron chi connectivity index (χ2n) is 2.75. The number of halogens is 1. The van der Waals surface area contributed by atoms with Crippen LogP contribution in [-0.4, -0.2) is 6.10 Å². The van der Waals surface area contributed by atoms with E-state index in [0.29, 0.717) is 12.2 Å². The SMILES string of the molecule is CC(CC#N)Oc1cccc(F)c1. The standard InChI is InChI=1S/C10H10FNO/c1-8(5-6-12)13-10-4-2-3-9(11)7-10/h2-4,7-8H,5H2,1H3. The fourth-order valence-electron chi connectivity index (χ4n) is 0.943. The van der Waals surface area contributed by atoms with Crippen LogP contribution in [0.4, 0.5) is 4.39 Å². The fraction of sp³-hybridized carbons (Fsp3) is 0.300. The van der Waals surface area contributed by atoms with Gasteiger partial charge in [-0.25, -0.2) is 4.39 Å². The molecule has 0 amide bonds. The van der Waals surface area contributed by atoms with Gasteiger partial charge in [0.1, 0.15) is 17.7 Å². The molecule has 1 aromatic rings. The molecule has 0 fully saturated rings. The molecule has 0 aliphatic heterocycles. The quantitative estimate of drug-likeness (QED) is 0.714. The van der Waals surface area contributed by atoms with Gasteiger partial charge in [0.25, 0.3) is 0 Å².